The molecule has 0 fully saturated rings. The molecule has 0 bridgehead atoms. The van der Waals surface area contributed by atoms with Crippen LogP contribution in [0.25, 0.3) is 10.1 Å². The van der Waals surface area contributed by atoms with Crippen molar-refractivity contribution in [3.8, 4) is 0 Å². The fourth-order valence-electron chi connectivity index (χ4n) is 1.50. The van der Waals surface area contributed by atoms with Crippen molar-refractivity contribution < 1.29 is 0 Å². The van der Waals surface area contributed by atoms with E-state index in [4.69, 9.17) is 0 Å². The second kappa shape index (κ2) is 2.56. The van der Waals surface area contributed by atoms with Gasteiger partial charge in [0.15, 0.2) is 0 Å². The number of rotatable bonds is 0. The van der Waals surface area contributed by atoms with E-state index in [1.165, 1.54) is 26.8 Å². The lowest BCUT2D eigenvalue weighted by atomic mass is 10.0. The van der Waals surface area contributed by atoms with Gasteiger partial charge < -0.3 is 0 Å². The molecule has 1 heterocycles. The number of nitrogens with zero attached hydrogens (tertiary/aromatic N) is 1. The van der Waals surface area contributed by atoms with Crippen molar-refractivity contribution in [1.82, 2.24) is 4.37 Å². The Morgan fingerprint density at radius 1 is 1.17 bits per heavy atom. The molecule has 1 aromatic carbocycles. The van der Waals surface area contributed by atoms with Crippen LogP contribution in [0.4, 0.5) is 0 Å². The van der Waals surface area contributed by atoms with Crippen molar-refractivity contribution in [2.24, 2.45) is 0 Å². The van der Waals surface area contributed by atoms with Crippen LogP contribution in [0.15, 0.2) is 12.3 Å². The number of benzene rings is 1. The first-order valence-corrected chi connectivity index (χ1v) is 4.78. The van der Waals surface area contributed by atoms with Gasteiger partial charge in [0.2, 0.25) is 0 Å². The standard InChI is InChI=1S/C10H11NS/c1-6-4-7(2)10-9(8(6)3)5-11-12-10/h4-5H,1-3H3. The number of hydrogen-bond donors (Lipinski definition) is 0. The fourth-order valence-corrected chi connectivity index (χ4v) is 2.27. The molecule has 0 N–H and O–H groups in total. The van der Waals surface area contributed by atoms with E-state index in [-0.39, 0.29) is 0 Å². The van der Waals surface area contributed by atoms with Gasteiger partial charge in [-0.3, -0.25) is 0 Å². The predicted molar refractivity (Wildman–Crippen MR) is 53.8 cm³/mol. The van der Waals surface area contributed by atoms with Crippen molar-refractivity contribution >= 4 is 21.6 Å². The van der Waals surface area contributed by atoms with Crippen LogP contribution in [-0.2, 0) is 0 Å². The molecule has 2 rings (SSSR count). The lowest BCUT2D eigenvalue weighted by Crippen LogP contribution is -1.83. The number of aryl methyl sites for hydroxylation is 3. The summed E-state index contributed by atoms with van der Waals surface area (Å²) in [5.74, 6) is 0. The predicted octanol–water partition coefficient (Wildman–Crippen LogP) is 3.22. The third-order valence-electron chi connectivity index (χ3n) is 2.36. The van der Waals surface area contributed by atoms with Crippen molar-refractivity contribution in [3.63, 3.8) is 0 Å². The van der Waals surface area contributed by atoms with Crippen molar-refractivity contribution in [2.45, 2.75) is 20.8 Å². The molecular weight excluding hydrogens is 166 g/mol. The quantitative estimate of drug-likeness (QED) is 0.602. The average molecular weight is 177 g/mol. The summed E-state index contributed by atoms with van der Waals surface area (Å²) in [5, 5.41) is 1.32. The number of aromatic nitrogens is 1. The molecule has 0 aliphatic carbocycles. The molecular formula is C10H11NS. The monoisotopic (exact) mass is 177 g/mol. The Labute approximate surface area is 76.2 Å². The van der Waals surface area contributed by atoms with Gasteiger partial charge in [-0.1, -0.05) is 6.07 Å². The number of hydrogen-bond acceptors (Lipinski definition) is 2. The van der Waals surface area contributed by atoms with Crippen molar-refractivity contribution in [2.75, 3.05) is 0 Å². The van der Waals surface area contributed by atoms with Gasteiger partial charge in [0.25, 0.3) is 0 Å². The van der Waals surface area contributed by atoms with E-state index in [0.717, 1.165) is 0 Å². The summed E-state index contributed by atoms with van der Waals surface area (Å²) in [6, 6.07) is 2.23. The molecule has 0 radical (unpaired) electrons. The van der Waals surface area contributed by atoms with Crippen LogP contribution in [-0.4, -0.2) is 4.37 Å². The summed E-state index contributed by atoms with van der Waals surface area (Å²) in [4.78, 5) is 0. The Morgan fingerprint density at radius 3 is 2.67 bits per heavy atom. The summed E-state index contributed by atoms with van der Waals surface area (Å²) in [6.07, 6.45) is 1.97. The van der Waals surface area contributed by atoms with E-state index >= 15 is 0 Å². The maximum Gasteiger partial charge on any atom is 0.0582 e. The van der Waals surface area contributed by atoms with Crippen molar-refractivity contribution in [1.29, 1.82) is 0 Å². The van der Waals surface area contributed by atoms with Gasteiger partial charge >= 0.3 is 0 Å². The molecule has 62 valence electrons. The summed E-state index contributed by atoms with van der Waals surface area (Å²) >= 11 is 1.59. The first-order valence-electron chi connectivity index (χ1n) is 4.01. The largest absolute Gasteiger partial charge is 0.200 e. The zero-order chi connectivity index (χ0) is 8.72. The smallest absolute Gasteiger partial charge is 0.0582 e. The van der Waals surface area contributed by atoms with Gasteiger partial charge in [0.1, 0.15) is 0 Å². The highest BCUT2D eigenvalue weighted by molar-refractivity contribution is 7.13. The van der Waals surface area contributed by atoms with E-state index < -0.39 is 0 Å². The third-order valence-corrected chi connectivity index (χ3v) is 3.29. The zero-order valence-corrected chi connectivity index (χ0v) is 8.33. The van der Waals surface area contributed by atoms with Gasteiger partial charge in [-0.05, 0) is 49.0 Å². The second-order valence-corrected chi connectivity index (χ2v) is 4.01. The molecule has 12 heavy (non-hydrogen) atoms. The van der Waals surface area contributed by atoms with Gasteiger partial charge in [0, 0.05) is 11.6 Å². The minimum absolute atomic E-state index is 1.32. The highest BCUT2D eigenvalue weighted by Gasteiger charge is 2.04. The first-order chi connectivity index (χ1) is 5.70. The van der Waals surface area contributed by atoms with Gasteiger partial charge in [0.05, 0.1) is 4.70 Å². The van der Waals surface area contributed by atoms with Crippen LogP contribution in [0.1, 0.15) is 16.7 Å². The fraction of sp³-hybridized carbons (Fsp3) is 0.300. The lowest BCUT2D eigenvalue weighted by molar-refractivity contribution is 1.35. The van der Waals surface area contributed by atoms with E-state index in [0.29, 0.717) is 0 Å². The molecule has 1 aromatic heterocycles. The maximum absolute atomic E-state index is 4.21. The summed E-state index contributed by atoms with van der Waals surface area (Å²) in [6.45, 7) is 6.46. The summed E-state index contributed by atoms with van der Waals surface area (Å²) in [7, 11) is 0. The molecule has 0 spiro atoms. The number of fused-ring (bicyclic) bond motifs is 1. The SMILES string of the molecule is Cc1cc(C)c2sncc2c1C. The molecule has 0 aliphatic rings. The molecule has 0 aliphatic heterocycles. The van der Waals surface area contributed by atoms with E-state index in [1.807, 2.05) is 6.20 Å². The van der Waals surface area contributed by atoms with Crippen LogP contribution >= 0.6 is 11.5 Å². The Bertz CT molecular complexity index is 429. The van der Waals surface area contributed by atoms with Crippen LogP contribution < -0.4 is 0 Å². The minimum atomic E-state index is 1.32. The second-order valence-electron chi connectivity index (χ2n) is 3.20. The first kappa shape index (κ1) is 7.74. The molecule has 0 saturated carbocycles. The lowest BCUT2D eigenvalue weighted by Gasteiger charge is -2.02. The summed E-state index contributed by atoms with van der Waals surface area (Å²) in [5.41, 5.74) is 4.07. The normalized spacial score (nSPS) is 10.9. The molecule has 0 saturated heterocycles. The van der Waals surface area contributed by atoms with E-state index in [2.05, 4.69) is 31.2 Å². The summed E-state index contributed by atoms with van der Waals surface area (Å²) < 4.78 is 5.54. The maximum atomic E-state index is 4.21. The van der Waals surface area contributed by atoms with Gasteiger partial charge in [-0.15, -0.1) is 0 Å². The van der Waals surface area contributed by atoms with E-state index in [1.54, 1.807) is 11.5 Å². The van der Waals surface area contributed by atoms with Crippen LogP contribution in [0.5, 0.6) is 0 Å². The van der Waals surface area contributed by atoms with Gasteiger partial charge in [-0.2, -0.15) is 4.37 Å². The van der Waals surface area contributed by atoms with Crippen LogP contribution in [0.3, 0.4) is 0 Å². The minimum Gasteiger partial charge on any atom is -0.200 e. The highest BCUT2D eigenvalue weighted by atomic mass is 32.1. The Morgan fingerprint density at radius 2 is 1.92 bits per heavy atom. The topological polar surface area (TPSA) is 12.9 Å². The average Bonchev–Trinajstić information content (AvgIpc) is 2.48. The highest BCUT2D eigenvalue weighted by Crippen LogP contribution is 2.27. The molecule has 0 unspecified atom stereocenters. The van der Waals surface area contributed by atoms with Crippen LogP contribution in [0.2, 0.25) is 0 Å². The third kappa shape index (κ3) is 0.950. The molecule has 2 aromatic rings. The zero-order valence-electron chi connectivity index (χ0n) is 7.51. The molecule has 1 nitrogen and oxygen atoms in total. The Hall–Kier alpha value is -0.890. The molecule has 2 heteroatoms. The van der Waals surface area contributed by atoms with Crippen molar-refractivity contribution in [3.05, 3.63) is 29.0 Å². The van der Waals surface area contributed by atoms with E-state index in [9.17, 15) is 0 Å². The Kier molecular flexibility index (Phi) is 1.65. The molecule has 0 atom stereocenters. The molecule has 0 amide bonds. The Balaban J connectivity index is 2.97. The van der Waals surface area contributed by atoms with Crippen LogP contribution in [0, 0.1) is 20.8 Å². The van der Waals surface area contributed by atoms with Gasteiger partial charge in [-0.25, -0.2) is 0 Å².